The van der Waals surface area contributed by atoms with Crippen molar-refractivity contribution in [2.75, 3.05) is 26.2 Å². The molecule has 3 rings (SSSR count). The molecule has 0 bridgehead atoms. The van der Waals surface area contributed by atoms with Crippen LogP contribution in [0.3, 0.4) is 0 Å². The molecule has 0 saturated carbocycles. The standard InChI is InChI=1S/C21H27N3O6/c1-21(2,3)30-20(29)24-9-7-23(8-10-24)17(19(27)28)15-12-22(4)16-6-5-13(18(25)26)11-14(15)16/h5-6,11-12,17H,7-10H2,1-4H3,(H,25,26)(H,27,28)/t17-/m1/s1. The smallest absolute Gasteiger partial charge is 0.410 e. The highest BCUT2D eigenvalue weighted by Gasteiger charge is 2.34. The van der Waals surface area contributed by atoms with Crippen molar-refractivity contribution in [3.05, 3.63) is 35.5 Å². The number of amides is 1. The van der Waals surface area contributed by atoms with Gasteiger partial charge in [-0.15, -0.1) is 0 Å². The Labute approximate surface area is 174 Å². The van der Waals surface area contributed by atoms with E-state index in [1.807, 2.05) is 0 Å². The first-order valence-corrected chi connectivity index (χ1v) is 9.75. The first-order chi connectivity index (χ1) is 14.0. The SMILES string of the molecule is Cn1cc([C@H](C(=O)O)N2CCN(C(=O)OC(C)(C)C)CC2)c2cc(C(=O)O)ccc21. The second-order valence-corrected chi connectivity index (χ2v) is 8.48. The highest BCUT2D eigenvalue weighted by atomic mass is 16.6. The molecule has 0 spiro atoms. The van der Waals surface area contributed by atoms with E-state index in [0.717, 1.165) is 5.52 Å². The molecule has 1 atom stereocenters. The zero-order valence-corrected chi connectivity index (χ0v) is 17.6. The fourth-order valence-corrected chi connectivity index (χ4v) is 3.75. The van der Waals surface area contributed by atoms with Gasteiger partial charge < -0.3 is 24.4 Å². The lowest BCUT2D eigenvalue weighted by molar-refractivity contribution is -0.144. The van der Waals surface area contributed by atoms with Crippen LogP contribution in [-0.4, -0.2) is 74.4 Å². The van der Waals surface area contributed by atoms with Crippen molar-refractivity contribution in [2.45, 2.75) is 32.4 Å². The van der Waals surface area contributed by atoms with Gasteiger partial charge in [-0.05, 0) is 39.0 Å². The van der Waals surface area contributed by atoms with Gasteiger partial charge in [0.1, 0.15) is 11.6 Å². The largest absolute Gasteiger partial charge is 0.480 e. The van der Waals surface area contributed by atoms with Gasteiger partial charge >= 0.3 is 18.0 Å². The predicted octanol–water partition coefficient (Wildman–Crippen LogP) is 2.55. The Morgan fingerprint density at radius 3 is 2.23 bits per heavy atom. The van der Waals surface area contributed by atoms with Crippen molar-refractivity contribution in [2.24, 2.45) is 7.05 Å². The second-order valence-electron chi connectivity index (χ2n) is 8.48. The van der Waals surface area contributed by atoms with Gasteiger partial charge in [0.2, 0.25) is 0 Å². The number of aromatic carboxylic acids is 1. The third-order valence-corrected chi connectivity index (χ3v) is 5.13. The van der Waals surface area contributed by atoms with Crippen LogP contribution in [0.15, 0.2) is 24.4 Å². The molecule has 0 radical (unpaired) electrons. The Morgan fingerprint density at radius 1 is 1.07 bits per heavy atom. The maximum absolute atomic E-state index is 12.3. The Bertz CT molecular complexity index is 983. The van der Waals surface area contributed by atoms with E-state index >= 15 is 0 Å². The average Bonchev–Trinajstić information content (AvgIpc) is 2.96. The molecule has 2 N–H and O–H groups in total. The zero-order valence-electron chi connectivity index (χ0n) is 17.6. The van der Waals surface area contributed by atoms with Crippen molar-refractivity contribution in [3.63, 3.8) is 0 Å². The van der Waals surface area contributed by atoms with E-state index in [4.69, 9.17) is 4.74 Å². The Kier molecular flexibility index (Phi) is 5.76. The third kappa shape index (κ3) is 4.40. The second kappa shape index (κ2) is 7.98. The molecule has 0 aliphatic carbocycles. The van der Waals surface area contributed by atoms with Crippen LogP contribution in [0.25, 0.3) is 10.9 Å². The molecule has 0 unspecified atom stereocenters. The van der Waals surface area contributed by atoms with Gasteiger partial charge in [-0.2, -0.15) is 0 Å². The first-order valence-electron chi connectivity index (χ1n) is 9.75. The van der Waals surface area contributed by atoms with Crippen molar-refractivity contribution in [1.82, 2.24) is 14.4 Å². The van der Waals surface area contributed by atoms with Gasteiger partial charge in [0.05, 0.1) is 5.56 Å². The molecule has 9 nitrogen and oxygen atoms in total. The minimum atomic E-state index is -1.07. The number of hydrogen-bond donors (Lipinski definition) is 2. The Morgan fingerprint density at radius 2 is 1.70 bits per heavy atom. The minimum absolute atomic E-state index is 0.105. The molecule has 1 fully saturated rings. The number of hydrogen-bond acceptors (Lipinski definition) is 5. The summed E-state index contributed by atoms with van der Waals surface area (Å²) in [7, 11) is 1.80. The van der Waals surface area contributed by atoms with Crippen LogP contribution in [-0.2, 0) is 16.6 Å². The fourth-order valence-electron chi connectivity index (χ4n) is 3.75. The number of carbonyl (C=O) groups is 3. The van der Waals surface area contributed by atoms with Crippen molar-refractivity contribution >= 4 is 28.9 Å². The summed E-state index contributed by atoms with van der Waals surface area (Å²) in [6.07, 6.45) is 1.32. The number of carbonyl (C=O) groups excluding carboxylic acids is 1. The predicted molar refractivity (Wildman–Crippen MR) is 110 cm³/mol. The number of rotatable bonds is 4. The molecular formula is C21H27N3O6. The normalized spacial score (nSPS) is 16.5. The van der Waals surface area contributed by atoms with Crippen molar-refractivity contribution < 1.29 is 29.3 Å². The summed E-state index contributed by atoms with van der Waals surface area (Å²) in [4.78, 5) is 39.2. The van der Waals surface area contributed by atoms with Crippen LogP contribution in [0.1, 0.15) is 42.7 Å². The molecule has 1 aliphatic rings. The van der Waals surface area contributed by atoms with E-state index in [2.05, 4.69) is 0 Å². The van der Waals surface area contributed by atoms with E-state index in [-0.39, 0.29) is 5.56 Å². The van der Waals surface area contributed by atoms with Crippen LogP contribution in [0.5, 0.6) is 0 Å². The monoisotopic (exact) mass is 417 g/mol. The fraction of sp³-hybridized carbons (Fsp3) is 0.476. The van der Waals surface area contributed by atoms with Crippen molar-refractivity contribution in [1.29, 1.82) is 0 Å². The summed E-state index contributed by atoms with van der Waals surface area (Å²) < 4.78 is 7.19. The summed E-state index contributed by atoms with van der Waals surface area (Å²) in [6.45, 7) is 6.83. The highest BCUT2D eigenvalue weighted by Crippen LogP contribution is 2.32. The molecule has 2 aromatic rings. The van der Waals surface area contributed by atoms with Gasteiger partial charge in [-0.3, -0.25) is 9.69 Å². The molecule has 1 saturated heterocycles. The molecule has 30 heavy (non-hydrogen) atoms. The summed E-state index contributed by atoms with van der Waals surface area (Å²) in [5.41, 5.74) is 0.805. The van der Waals surface area contributed by atoms with E-state index in [9.17, 15) is 24.6 Å². The van der Waals surface area contributed by atoms with E-state index < -0.39 is 29.7 Å². The molecular weight excluding hydrogens is 390 g/mol. The minimum Gasteiger partial charge on any atom is -0.480 e. The molecule has 1 aromatic heterocycles. The molecule has 1 amide bonds. The van der Waals surface area contributed by atoms with Gasteiger partial charge in [0, 0.05) is 55.9 Å². The molecule has 2 heterocycles. The van der Waals surface area contributed by atoms with Crippen LogP contribution >= 0.6 is 0 Å². The zero-order chi connectivity index (χ0) is 22.2. The lowest BCUT2D eigenvalue weighted by Crippen LogP contribution is -2.51. The molecule has 1 aromatic carbocycles. The molecule has 162 valence electrons. The van der Waals surface area contributed by atoms with Gasteiger partial charge in [-0.1, -0.05) is 0 Å². The Hall–Kier alpha value is -3.07. The van der Waals surface area contributed by atoms with Crippen molar-refractivity contribution in [3.8, 4) is 0 Å². The van der Waals surface area contributed by atoms with E-state index in [0.29, 0.717) is 37.1 Å². The summed E-state index contributed by atoms with van der Waals surface area (Å²) in [5, 5.41) is 19.9. The van der Waals surface area contributed by atoms with Gasteiger partial charge in [0.15, 0.2) is 0 Å². The van der Waals surface area contributed by atoms with Gasteiger partial charge in [0.25, 0.3) is 0 Å². The quantitative estimate of drug-likeness (QED) is 0.786. The molecule has 1 aliphatic heterocycles. The average molecular weight is 417 g/mol. The first kappa shape index (κ1) is 21.6. The van der Waals surface area contributed by atoms with Crippen LogP contribution in [0.4, 0.5) is 4.79 Å². The van der Waals surface area contributed by atoms with Crippen LogP contribution < -0.4 is 0 Å². The topological polar surface area (TPSA) is 112 Å². The number of carboxylic acids is 2. The Balaban J connectivity index is 1.86. The summed E-state index contributed by atoms with van der Waals surface area (Å²) in [5.74, 6) is -2.08. The van der Waals surface area contributed by atoms with Crippen LogP contribution in [0, 0.1) is 0 Å². The number of aliphatic carboxylic acids is 1. The number of aryl methyl sites for hydroxylation is 1. The number of ether oxygens (including phenoxy) is 1. The van der Waals surface area contributed by atoms with E-state index in [1.165, 1.54) is 12.1 Å². The lowest BCUT2D eigenvalue weighted by atomic mass is 10.0. The highest BCUT2D eigenvalue weighted by molar-refractivity contribution is 5.96. The number of piperazine rings is 1. The summed E-state index contributed by atoms with van der Waals surface area (Å²) >= 11 is 0. The maximum atomic E-state index is 12.3. The third-order valence-electron chi connectivity index (χ3n) is 5.13. The maximum Gasteiger partial charge on any atom is 0.410 e. The molecule has 9 heteroatoms. The number of benzene rings is 1. The number of nitrogens with zero attached hydrogens (tertiary/aromatic N) is 3. The summed E-state index contributed by atoms with van der Waals surface area (Å²) in [6, 6.07) is 3.75. The van der Waals surface area contributed by atoms with E-state index in [1.54, 1.807) is 54.4 Å². The number of carboxylic acid groups (broad SMARTS) is 2. The lowest BCUT2D eigenvalue weighted by Gasteiger charge is -2.38. The number of fused-ring (bicyclic) bond motifs is 1. The van der Waals surface area contributed by atoms with Gasteiger partial charge in [-0.25, -0.2) is 9.59 Å². The number of aromatic nitrogens is 1. The van der Waals surface area contributed by atoms with Crippen LogP contribution in [0.2, 0.25) is 0 Å².